The first-order valence-corrected chi connectivity index (χ1v) is 11.7. The molecule has 40 heavy (non-hydrogen) atoms. The Balaban J connectivity index is 1.67. The minimum absolute atomic E-state index is 0.00150. The Hall–Kier alpha value is -4.88. The molecule has 0 fully saturated rings. The largest absolute Gasteiger partial charge is 0.447 e. The smallest absolute Gasteiger partial charge is 0.416 e. The van der Waals surface area contributed by atoms with Crippen molar-refractivity contribution in [1.82, 2.24) is 24.6 Å². The maximum Gasteiger partial charge on any atom is 0.416 e. The molecule has 1 N–H and O–H groups in total. The molecule has 4 aromatic rings. The number of nitrogens with zero attached hydrogens (tertiary/aromatic N) is 6. The lowest BCUT2D eigenvalue weighted by Crippen LogP contribution is -2.25. The van der Waals surface area contributed by atoms with Crippen molar-refractivity contribution in [3.63, 3.8) is 0 Å². The summed E-state index contributed by atoms with van der Waals surface area (Å²) in [7, 11) is 3.55. The molecule has 0 spiro atoms. The standard InChI is InChI=1S/C26H23F4N7O3/c1-14-21-22(24(32-12-31-21)33-13-36(3)4)37(35-14)20-9-8-18(11-19(20)27)34-25(39)23(40-15(2)38)16-6-5-7-17(10-16)26(28,29)30/h5-13,23H,1-4H3,(H,34,39). The molecule has 2 aromatic carbocycles. The Morgan fingerprint density at radius 3 is 2.55 bits per heavy atom. The third-order valence-corrected chi connectivity index (χ3v) is 5.50. The van der Waals surface area contributed by atoms with Crippen molar-refractivity contribution in [2.24, 2.45) is 4.99 Å². The first-order valence-electron chi connectivity index (χ1n) is 11.7. The summed E-state index contributed by atoms with van der Waals surface area (Å²) in [6.45, 7) is 2.71. The summed E-state index contributed by atoms with van der Waals surface area (Å²) in [5.74, 6) is -2.41. The van der Waals surface area contributed by atoms with E-state index in [9.17, 15) is 22.8 Å². The summed E-state index contributed by atoms with van der Waals surface area (Å²) < 4.78 is 61.3. The Morgan fingerprint density at radius 1 is 1.15 bits per heavy atom. The molecule has 1 unspecified atom stereocenters. The van der Waals surface area contributed by atoms with Crippen LogP contribution in [0, 0.1) is 12.7 Å². The van der Waals surface area contributed by atoms with Crippen LogP contribution < -0.4 is 5.32 Å². The first kappa shape index (κ1) is 28.1. The van der Waals surface area contributed by atoms with Crippen LogP contribution in [0.3, 0.4) is 0 Å². The zero-order valence-electron chi connectivity index (χ0n) is 21.7. The van der Waals surface area contributed by atoms with Gasteiger partial charge in [0.05, 0.1) is 17.6 Å². The lowest BCUT2D eigenvalue weighted by molar-refractivity contribution is -0.152. The van der Waals surface area contributed by atoms with E-state index in [4.69, 9.17) is 4.74 Å². The van der Waals surface area contributed by atoms with Gasteiger partial charge < -0.3 is 15.0 Å². The van der Waals surface area contributed by atoms with Gasteiger partial charge in [-0.05, 0) is 37.3 Å². The summed E-state index contributed by atoms with van der Waals surface area (Å²) in [5, 5.41) is 6.77. The van der Waals surface area contributed by atoms with E-state index in [2.05, 4.69) is 25.4 Å². The maximum atomic E-state index is 15.4. The number of nitrogens with one attached hydrogen (secondary N) is 1. The number of carbonyl (C=O) groups is 2. The molecule has 0 radical (unpaired) electrons. The van der Waals surface area contributed by atoms with Gasteiger partial charge in [-0.3, -0.25) is 9.59 Å². The second-order valence-electron chi connectivity index (χ2n) is 8.87. The van der Waals surface area contributed by atoms with Crippen molar-refractivity contribution >= 4 is 40.8 Å². The first-order chi connectivity index (χ1) is 18.8. The third-order valence-electron chi connectivity index (χ3n) is 5.50. The number of halogens is 4. The van der Waals surface area contributed by atoms with E-state index >= 15 is 4.39 Å². The summed E-state index contributed by atoms with van der Waals surface area (Å²) in [4.78, 5) is 39.0. The number of hydrogen-bond acceptors (Lipinski definition) is 7. The van der Waals surface area contributed by atoms with Gasteiger partial charge in [-0.15, -0.1) is 0 Å². The number of amides is 1. The van der Waals surface area contributed by atoms with Crippen molar-refractivity contribution in [2.45, 2.75) is 26.1 Å². The van der Waals surface area contributed by atoms with E-state index in [0.29, 0.717) is 22.8 Å². The van der Waals surface area contributed by atoms with Gasteiger partial charge in [-0.2, -0.15) is 18.3 Å². The van der Waals surface area contributed by atoms with Crippen LogP contribution in [-0.4, -0.2) is 57.0 Å². The van der Waals surface area contributed by atoms with Crippen molar-refractivity contribution < 1.29 is 31.9 Å². The highest BCUT2D eigenvalue weighted by molar-refractivity contribution is 5.96. The quantitative estimate of drug-likeness (QED) is 0.151. The Labute approximate surface area is 225 Å². The van der Waals surface area contributed by atoms with Crippen LogP contribution in [-0.2, 0) is 20.5 Å². The number of carbonyl (C=O) groups excluding carboxylic acids is 2. The van der Waals surface area contributed by atoms with Crippen LogP contribution in [0.1, 0.15) is 29.8 Å². The SMILES string of the molecule is CC(=O)OC(C(=O)Nc1ccc(-n2nc(C)c3ncnc(N=CN(C)C)c32)c(F)c1)c1cccc(C(F)(F)F)c1. The summed E-state index contributed by atoms with van der Waals surface area (Å²) >= 11 is 0. The molecule has 0 bridgehead atoms. The number of ether oxygens (including phenoxy) is 1. The van der Waals surface area contributed by atoms with Crippen LogP contribution in [0.15, 0.2) is 53.8 Å². The summed E-state index contributed by atoms with van der Waals surface area (Å²) in [6.07, 6.45) is -3.55. The minimum atomic E-state index is -4.68. The second kappa shape index (κ2) is 11.1. The third kappa shape index (κ3) is 6.06. The second-order valence-corrected chi connectivity index (χ2v) is 8.87. The van der Waals surface area contributed by atoms with Crippen LogP contribution >= 0.6 is 0 Å². The molecule has 4 rings (SSSR count). The van der Waals surface area contributed by atoms with Gasteiger partial charge in [0.2, 0.25) is 6.10 Å². The molecule has 1 atom stereocenters. The van der Waals surface area contributed by atoms with Gasteiger partial charge in [0.25, 0.3) is 5.91 Å². The number of alkyl halides is 3. The molecule has 0 aliphatic rings. The number of aromatic nitrogens is 4. The molecule has 2 heterocycles. The molecule has 208 valence electrons. The lowest BCUT2D eigenvalue weighted by atomic mass is 10.0. The normalized spacial score (nSPS) is 12.5. The van der Waals surface area contributed by atoms with Gasteiger partial charge in [0.1, 0.15) is 23.0 Å². The average Bonchev–Trinajstić information content (AvgIpc) is 3.22. The zero-order chi connectivity index (χ0) is 29.2. The van der Waals surface area contributed by atoms with E-state index < -0.39 is 35.5 Å². The molecule has 10 nitrogen and oxygen atoms in total. The molecule has 0 saturated heterocycles. The average molecular weight is 558 g/mol. The summed E-state index contributed by atoms with van der Waals surface area (Å²) in [5.41, 5.74) is 0.0543. The van der Waals surface area contributed by atoms with Gasteiger partial charge in [0, 0.05) is 32.3 Å². The van der Waals surface area contributed by atoms with Crippen molar-refractivity contribution in [1.29, 1.82) is 0 Å². The molecular formula is C26H23F4N7O3. The fourth-order valence-electron chi connectivity index (χ4n) is 3.80. The number of benzene rings is 2. The number of fused-ring (bicyclic) bond motifs is 1. The van der Waals surface area contributed by atoms with E-state index in [-0.39, 0.29) is 22.8 Å². The van der Waals surface area contributed by atoms with E-state index in [1.165, 1.54) is 35.5 Å². The topological polar surface area (TPSA) is 115 Å². The van der Waals surface area contributed by atoms with E-state index in [1.807, 2.05) is 0 Å². The van der Waals surface area contributed by atoms with Gasteiger partial charge in [-0.25, -0.2) is 24.0 Å². The molecule has 14 heteroatoms. The van der Waals surface area contributed by atoms with Gasteiger partial charge in [0.15, 0.2) is 11.6 Å². The highest BCUT2D eigenvalue weighted by Gasteiger charge is 2.33. The Morgan fingerprint density at radius 2 is 1.90 bits per heavy atom. The number of aryl methyl sites for hydroxylation is 1. The lowest BCUT2D eigenvalue weighted by Gasteiger charge is -2.19. The summed E-state index contributed by atoms with van der Waals surface area (Å²) in [6, 6.07) is 7.55. The van der Waals surface area contributed by atoms with Crippen molar-refractivity contribution in [2.75, 3.05) is 19.4 Å². The predicted octanol–water partition coefficient (Wildman–Crippen LogP) is 4.75. The predicted molar refractivity (Wildman–Crippen MR) is 138 cm³/mol. The van der Waals surface area contributed by atoms with Crippen molar-refractivity contribution in [3.8, 4) is 5.69 Å². The van der Waals surface area contributed by atoms with Crippen LogP contribution in [0.5, 0.6) is 0 Å². The number of hydrogen-bond donors (Lipinski definition) is 1. The van der Waals surface area contributed by atoms with Crippen molar-refractivity contribution in [3.05, 3.63) is 71.4 Å². The zero-order valence-corrected chi connectivity index (χ0v) is 21.7. The molecule has 2 aromatic heterocycles. The van der Waals surface area contributed by atoms with E-state index in [1.54, 1.807) is 25.9 Å². The number of esters is 1. The van der Waals surface area contributed by atoms with Crippen LogP contribution in [0.4, 0.5) is 29.1 Å². The highest BCUT2D eigenvalue weighted by Crippen LogP contribution is 2.32. The molecule has 1 amide bonds. The van der Waals surface area contributed by atoms with Gasteiger partial charge >= 0.3 is 12.1 Å². The fourth-order valence-corrected chi connectivity index (χ4v) is 3.80. The Bertz CT molecular complexity index is 1620. The van der Waals surface area contributed by atoms with Crippen LogP contribution in [0.2, 0.25) is 0 Å². The molecule has 0 aliphatic heterocycles. The van der Waals surface area contributed by atoms with Gasteiger partial charge in [-0.1, -0.05) is 12.1 Å². The van der Waals surface area contributed by atoms with E-state index in [0.717, 1.165) is 25.1 Å². The number of anilines is 1. The number of aliphatic imine (C=N–C) groups is 1. The molecule has 0 aliphatic carbocycles. The highest BCUT2D eigenvalue weighted by atomic mass is 19.4. The monoisotopic (exact) mass is 557 g/mol. The van der Waals surface area contributed by atoms with Crippen LogP contribution in [0.25, 0.3) is 16.7 Å². The maximum absolute atomic E-state index is 15.4. The fraction of sp³-hybridized carbons (Fsp3) is 0.231. The minimum Gasteiger partial charge on any atom is -0.447 e. The Kier molecular flexibility index (Phi) is 7.79. The molecule has 0 saturated carbocycles. The number of rotatable bonds is 7. The molecular weight excluding hydrogens is 534 g/mol.